The molecular weight excluding hydrogens is 212 g/mol. The summed E-state index contributed by atoms with van der Waals surface area (Å²) in [7, 11) is 1.44. The van der Waals surface area contributed by atoms with Gasteiger partial charge in [0.25, 0.3) is 0 Å². The molecule has 0 aliphatic heterocycles. The number of carbonyl (C=O) groups is 1. The fourth-order valence-corrected chi connectivity index (χ4v) is 1.95. The molecule has 0 N–H and O–H groups in total. The summed E-state index contributed by atoms with van der Waals surface area (Å²) in [5, 5.41) is 0.693. The van der Waals surface area contributed by atoms with Crippen LogP contribution in [0.25, 0.3) is 0 Å². The Kier molecular flexibility index (Phi) is 2.96. The van der Waals surface area contributed by atoms with Crippen LogP contribution in [0.1, 0.15) is 24.3 Å². The van der Waals surface area contributed by atoms with E-state index in [0.717, 1.165) is 18.4 Å². The van der Waals surface area contributed by atoms with Crippen molar-refractivity contribution in [2.45, 2.75) is 18.8 Å². The molecule has 0 saturated heterocycles. The van der Waals surface area contributed by atoms with Crippen molar-refractivity contribution in [3.63, 3.8) is 0 Å². The molecule has 0 amide bonds. The van der Waals surface area contributed by atoms with Crippen LogP contribution in [0.4, 0.5) is 0 Å². The van der Waals surface area contributed by atoms with E-state index in [4.69, 9.17) is 16.3 Å². The van der Waals surface area contributed by atoms with E-state index in [0.29, 0.717) is 10.9 Å². The normalized spacial score (nSPS) is 17.2. The molecule has 0 bridgehead atoms. The van der Waals surface area contributed by atoms with E-state index in [9.17, 15) is 4.79 Å². The van der Waals surface area contributed by atoms with Crippen molar-refractivity contribution in [1.82, 2.24) is 0 Å². The molecule has 1 aliphatic rings. The minimum atomic E-state index is -0.139. The average molecular weight is 225 g/mol. The van der Waals surface area contributed by atoms with Gasteiger partial charge in [-0.15, -0.1) is 0 Å². The first-order valence-corrected chi connectivity index (χ1v) is 5.43. The standard InChI is InChI=1S/C12H13ClO2/c1-15-12(14)11(8-2-3-8)9-4-6-10(13)7-5-9/h4-8,11H,2-3H2,1H3/t11-/m0/s1. The highest BCUT2D eigenvalue weighted by atomic mass is 35.5. The second-order valence-corrected chi connectivity index (χ2v) is 4.33. The molecule has 1 saturated carbocycles. The van der Waals surface area contributed by atoms with Crippen molar-refractivity contribution in [3.05, 3.63) is 34.9 Å². The summed E-state index contributed by atoms with van der Waals surface area (Å²) in [5.41, 5.74) is 1.01. The molecule has 80 valence electrons. The van der Waals surface area contributed by atoms with Crippen LogP contribution in [0.3, 0.4) is 0 Å². The fourth-order valence-electron chi connectivity index (χ4n) is 1.83. The van der Waals surface area contributed by atoms with E-state index in [2.05, 4.69) is 0 Å². The second kappa shape index (κ2) is 4.23. The van der Waals surface area contributed by atoms with E-state index < -0.39 is 0 Å². The topological polar surface area (TPSA) is 26.3 Å². The maximum Gasteiger partial charge on any atom is 0.313 e. The third-order valence-electron chi connectivity index (χ3n) is 2.78. The van der Waals surface area contributed by atoms with Crippen molar-refractivity contribution >= 4 is 17.6 Å². The monoisotopic (exact) mass is 224 g/mol. The van der Waals surface area contributed by atoms with Gasteiger partial charge >= 0.3 is 5.97 Å². The Morgan fingerprint density at radius 2 is 2.00 bits per heavy atom. The van der Waals surface area contributed by atoms with Gasteiger partial charge in [-0.25, -0.2) is 0 Å². The minimum Gasteiger partial charge on any atom is -0.469 e. The van der Waals surface area contributed by atoms with E-state index >= 15 is 0 Å². The van der Waals surface area contributed by atoms with Crippen molar-refractivity contribution in [2.75, 3.05) is 7.11 Å². The third-order valence-corrected chi connectivity index (χ3v) is 3.03. The minimum absolute atomic E-state index is 0.104. The van der Waals surface area contributed by atoms with Crippen molar-refractivity contribution in [2.24, 2.45) is 5.92 Å². The average Bonchev–Trinajstić information content (AvgIpc) is 3.05. The van der Waals surface area contributed by atoms with E-state index in [-0.39, 0.29) is 11.9 Å². The molecule has 1 aromatic carbocycles. The predicted octanol–water partition coefficient (Wildman–Crippen LogP) is 3.01. The van der Waals surface area contributed by atoms with Gasteiger partial charge in [0.1, 0.15) is 0 Å². The zero-order chi connectivity index (χ0) is 10.8. The van der Waals surface area contributed by atoms with Gasteiger partial charge in [0.15, 0.2) is 0 Å². The molecule has 1 atom stereocenters. The van der Waals surface area contributed by atoms with Crippen LogP contribution in [-0.2, 0) is 9.53 Å². The highest BCUT2D eigenvalue weighted by Crippen LogP contribution is 2.43. The molecule has 1 fully saturated rings. The van der Waals surface area contributed by atoms with Crippen molar-refractivity contribution < 1.29 is 9.53 Å². The fraction of sp³-hybridized carbons (Fsp3) is 0.417. The lowest BCUT2D eigenvalue weighted by atomic mass is 9.94. The predicted molar refractivity (Wildman–Crippen MR) is 58.9 cm³/mol. The number of halogens is 1. The lowest BCUT2D eigenvalue weighted by Crippen LogP contribution is -2.16. The summed E-state index contributed by atoms with van der Waals surface area (Å²) in [6.45, 7) is 0. The van der Waals surface area contributed by atoms with Gasteiger partial charge in [0, 0.05) is 5.02 Å². The summed E-state index contributed by atoms with van der Waals surface area (Å²) in [5.74, 6) is 0.214. The number of carbonyl (C=O) groups excluding carboxylic acids is 1. The maximum atomic E-state index is 11.6. The van der Waals surface area contributed by atoms with Crippen LogP contribution in [0.2, 0.25) is 5.02 Å². The van der Waals surface area contributed by atoms with Gasteiger partial charge < -0.3 is 4.74 Å². The number of ether oxygens (including phenoxy) is 1. The smallest absolute Gasteiger partial charge is 0.313 e. The Balaban J connectivity index is 2.24. The molecule has 2 nitrogen and oxygen atoms in total. The van der Waals surface area contributed by atoms with Crippen LogP contribution in [0.15, 0.2) is 24.3 Å². The van der Waals surface area contributed by atoms with E-state index in [1.54, 1.807) is 0 Å². The molecule has 2 rings (SSSR count). The van der Waals surface area contributed by atoms with Crippen LogP contribution in [0.5, 0.6) is 0 Å². The van der Waals surface area contributed by atoms with Crippen LogP contribution in [0, 0.1) is 5.92 Å². The Hall–Kier alpha value is -1.02. The number of hydrogen-bond acceptors (Lipinski definition) is 2. The van der Waals surface area contributed by atoms with Gasteiger partial charge in [-0.05, 0) is 36.5 Å². The second-order valence-electron chi connectivity index (χ2n) is 3.89. The zero-order valence-corrected chi connectivity index (χ0v) is 9.33. The Morgan fingerprint density at radius 1 is 1.40 bits per heavy atom. The maximum absolute atomic E-state index is 11.6. The van der Waals surface area contributed by atoms with E-state index in [1.807, 2.05) is 24.3 Å². The number of methoxy groups -OCH3 is 1. The highest BCUT2D eigenvalue weighted by molar-refractivity contribution is 6.30. The van der Waals surface area contributed by atoms with Gasteiger partial charge in [-0.1, -0.05) is 23.7 Å². The number of hydrogen-bond donors (Lipinski definition) is 0. The van der Waals surface area contributed by atoms with Crippen molar-refractivity contribution in [1.29, 1.82) is 0 Å². The Morgan fingerprint density at radius 3 is 2.47 bits per heavy atom. The van der Waals surface area contributed by atoms with Crippen LogP contribution in [-0.4, -0.2) is 13.1 Å². The summed E-state index contributed by atoms with van der Waals surface area (Å²) in [6.07, 6.45) is 2.23. The first-order valence-electron chi connectivity index (χ1n) is 5.05. The Labute approximate surface area is 94.2 Å². The largest absolute Gasteiger partial charge is 0.469 e. The van der Waals surface area contributed by atoms with Crippen LogP contribution >= 0.6 is 11.6 Å². The summed E-state index contributed by atoms with van der Waals surface area (Å²) >= 11 is 5.81. The van der Waals surface area contributed by atoms with Crippen LogP contribution < -0.4 is 0 Å². The molecule has 3 heteroatoms. The van der Waals surface area contributed by atoms with E-state index in [1.165, 1.54) is 7.11 Å². The number of rotatable bonds is 3. The first kappa shape index (κ1) is 10.5. The summed E-state index contributed by atoms with van der Waals surface area (Å²) in [4.78, 5) is 11.6. The van der Waals surface area contributed by atoms with Gasteiger partial charge in [0.2, 0.25) is 0 Å². The lowest BCUT2D eigenvalue weighted by molar-refractivity contribution is -0.143. The lowest BCUT2D eigenvalue weighted by Gasteiger charge is -2.13. The molecule has 0 heterocycles. The molecular formula is C12H13ClO2. The molecule has 0 aromatic heterocycles. The number of benzene rings is 1. The summed E-state index contributed by atoms with van der Waals surface area (Å²) < 4.78 is 4.83. The molecule has 0 spiro atoms. The number of esters is 1. The molecule has 1 aliphatic carbocycles. The Bertz CT molecular complexity index is 354. The van der Waals surface area contributed by atoms with Gasteiger partial charge in [-0.2, -0.15) is 0 Å². The SMILES string of the molecule is COC(=O)[C@H](c1ccc(Cl)cc1)C1CC1. The van der Waals surface area contributed by atoms with Gasteiger partial charge in [-0.3, -0.25) is 4.79 Å². The molecule has 15 heavy (non-hydrogen) atoms. The third kappa shape index (κ3) is 2.32. The molecule has 0 unspecified atom stereocenters. The highest BCUT2D eigenvalue weighted by Gasteiger charge is 2.37. The molecule has 1 aromatic rings. The first-order chi connectivity index (χ1) is 7.22. The molecule has 0 radical (unpaired) electrons. The van der Waals surface area contributed by atoms with Gasteiger partial charge in [0.05, 0.1) is 13.0 Å². The quantitative estimate of drug-likeness (QED) is 0.738. The zero-order valence-electron chi connectivity index (χ0n) is 8.57. The van der Waals surface area contributed by atoms with Crippen molar-refractivity contribution in [3.8, 4) is 0 Å². The summed E-state index contributed by atoms with van der Waals surface area (Å²) in [6, 6.07) is 7.44.